The molecular weight excluding hydrogens is 497 g/mol. The lowest BCUT2D eigenvalue weighted by Gasteiger charge is -2.41. The molecule has 1 fully saturated rings. The van der Waals surface area contributed by atoms with Crippen molar-refractivity contribution in [3.8, 4) is 11.6 Å². The fraction of sp³-hybridized carbons (Fsp3) is 0.500. The van der Waals surface area contributed by atoms with E-state index >= 15 is 0 Å². The van der Waals surface area contributed by atoms with Gasteiger partial charge in [0, 0.05) is 18.4 Å². The van der Waals surface area contributed by atoms with Crippen LogP contribution < -0.4 is 24.4 Å². The molecule has 3 N–H and O–H groups in total. The van der Waals surface area contributed by atoms with E-state index in [-0.39, 0.29) is 47.5 Å². The SMILES string of the molecule is CCOc1nn(CC)cc1S(=O)(=O)N1c2cc(NC(=O)O)ccc2O[C@@H](CNC(=O)[C@H]2C[C@H]2F)[C@H]1C. The molecule has 0 unspecified atom stereocenters. The third-order valence-corrected chi connectivity index (χ3v) is 7.88. The Labute approximate surface area is 207 Å². The number of aromatic nitrogens is 2. The Hall–Kier alpha value is -3.55. The Morgan fingerprint density at radius 3 is 2.67 bits per heavy atom. The summed E-state index contributed by atoms with van der Waals surface area (Å²) in [5.74, 6) is -1.05. The highest BCUT2D eigenvalue weighted by Crippen LogP contribution is 2.42. The number of carbonyl (C=O) groups excluding carboxylic acids is 1. The molecule has 2 aliphatic rings. The van der Waals surface area contributed by atoms with Gasteiger partial charge in [0.1, 0.15) is 18.0 Å². The number of amides is 2. The highest BCUT2D eigenvalue weighted by Gasteiger charge is 2.45. The van der Waals surface area contributed by atoms with Gasteiger partial charge in [0.15, 0.2) is 4.90 Å². The minimum absolute atomic E-state index is 0.0592. The average Bonchev–Trinajstić information content (AvgIpc) is 3.40. The van der Waals surface area contributed by atoms with Crippen LogP contribution in [0.25, 0.3) is 0 Å². The smallest absolute Gasteiger partial charge is 0.409 e. The monoisotopic (exact) mass is 525 g/mol. The molecule has 12 nitrogen and oxygen atoms in total. The minimum atomic E-state index is -4.30. The Bertz CT molecular complexity index is 1270. The molecule has 1 aliphatic carbocycles. The molecule has 0 bridgehead atoms. The first-order valence-corrected chi connectivity index (χ1v) is 13.0. The third kappa shape index (κ3) is 4.90. The Kier molecular flexibility index (Phi) is 6.98. The first-order chi connectivity index (χ1) is 17.1. The molecule has 2 heterocycles. The number of nitrogens with zero attached hydrogens (tertiary/aromatic N) is 3. The highest BCUT2D eigenvalue weighted by molar-refractivity contribution is 7.93. The van der Waals surface area contributed by atoms with Crippen molar-refractivity contribution in [2.24, 2.45) is 5.92 Å². The van der Waals surface area contributed by atoms with Crippen LogP contribution >= 0.6 is 0 Å². The number of carboxylic acid groups (broad SMARTS) is 1. The van der Waals surface area contributed by atoms with Crippen molar-refractivity contribution < 1.29 is 37.0 Å². The molecule has 4 rings (SSSR count). The quantitative estimate of drug-likeness (QED) is 0.451. The molecule has 2 aromatic rings. The number of rotatable bonds is 9. The van der Waals surface area contributed by atoms with Crippen molar-refractivity contribution >= 4 is 33.4 Å². The van der Waals surface area contributed by atoms with Gasteiger partial charge in [0.05, 0.1) is 30.8 Å². The van der Waals surface area contributed by atoms with E-state index in [1.807, 2.05) is 0 Å². The lowest BCUT2D eigenvalue weighted by Crippen LogP contribution is -2.54. The minimum Gasteiger partial charge on any atom is -0.484 e. The molecule has 0 radical (unpaired) electrons. The van der Waals surface area contributed by atoms with E-state index in [1.165, 1.54) is 29.1 Å². The van der Waals surface area contributed by atoms with Gasteiger partial charge in [0.25, 0.3) is 15.9 Å². The fourth-order valence-corrected chi connectivity index (χ4v) is 5.78. The topological polar surface area (TPSA) is 152 Å². The van der Waals surface area contributed by atoms with Crippen molar-refractivity contribution in [3.63, 3.8) is 0 Å². The van der Waals surface area contributed by atoms with Crippen molar-refractivity contribution in [1.29, 1.82) is 0 Å². The highest BCUT2D eigenvalue weighted by atomic mass is 32.2. The second-order valence-electron chi connectivity index (χ2n) is 8.50. The summed E-state index contributed by atoms with van der Waals surface area (Å²) in [6.45, 7) is 5.65. The molecule has 1 saturated carbocycles. The predicted molar refractivity (Wildman–Crippen MR) is 127 cm³/mol. The van der Waals surface area contributed by atoms with Crippen LogP contribution in [-0.2, 0) is 21.4 Å². The van der Waals surface area contributed by atoms with Crippen LogP contribution in [0, 0.1) is 5.92 Å². The van der Waals surface area contributed by atoms with Crippen molar-refractivity contribution in [3.05, 3.63) is 24.4 Å². The van der Waals surface area contributed by atoms with Crippen molar-refractivity contribution in [1.82, 2.24) is 15.1 Å². The number of benzene rings is 1. The Morgan fingerprint density at radius 2 is 2.06 bits per heavy atom. The summed E-state index contributed by atoms with van der Waals surface area (Å²) < 4.78 is 55.4. The lowest BCUT2D eigenvalue weighted by molar-refractivity contribution is -0.123. The molecule has 36 heavy (non-hydrogen) atoms. The zero-order valence-corrected chi connectivity index (χ0v) is 20.8. The van der Waals surface area contributed by atoms with E-state index in [2.05, 4.69) is 15.7 Å². The van der Waals surface area contributed by atoms with Crippen LogP contribution in [0.1, 0.15) is 27.2 Å². The maximum atomic E-state index is 14.0. The van der Waals surface area contributed by atoms with E-state index < -0.39 is 46.3 Å². The molecule has 2 amide bonds. The van der Waals surface area contributed by atoms with Crippen LogP contribution in [0.5, 0.6) is 11.6 Å². The normalized spacial score (nSPS) is 22.8. The maximum Gasteiger partial charge on any atom is 0.409 e. The number of nitrogens with one attached hydrogen (secondary N) is 2. The van der Waals surface area contributed by atoms with E-state index in [0.29, 0.717) is 6.54 Å². The van der Waals surface area contributed by atoms with Crippen LogP contribution in [0.15, 0.2) is 29.3 Å². The molecule has 1 aromatic carbocycles. The first kappa shape index (κ1) is 25.5. The van der Waals surface area contributed by atoms with Crippen LogP contribution in [0.3, 0.4) is 0 Å². The number of anilines is 2. The van der Waals surface area contributed by atoms with Gasteiger partial charge in [-0.1, -0.05) is 0 Å². The van der Waals surface area contributed by atoms with Gasteiger partial charge in [-0.2, -0.15) is 0 Å². The standard InChI is InChI=1S/C22H28FN5O7S/c1-4-27-11-19(21(26-27)34-5-2)36(32,33)28-12(3)18(10-24-20(29)14-9-15(14)23)35-17-7-6-13(8-16(17)28)25-22(30)31/h6-8,11-12,14-15,18,25H,4-5,9-10H2,1-3H3,(H,24,29)(H,30,31)/t12-,14+,15-,18+/m1/s1. The molecule has 1 aliphatic heterocycles. The number of hydrogen-bond donors (Lipinski definition) is 3. The lowest BCUT2D eigenvalue weighted by atomic mass is 10.1. The summed E-state index contributed by atoms with van der Waals surface area (Å²) in [4.78, 5) is 23.2. The van der Waals surface area contributed by atoms with Gasteiger partial charge in [-0.3, -0.25) is 19.1 Å². The predicted octanol–water partition coefficient (Wildman–Crippen LogP) is 2.21. The number of aryl methyl sites for hydroxylation is 1. The van der Waals surface area contributed by atoms with E-state index in [1.54, 1.807) is 20.8 Å². The number of hydrogen-bond acceptors (Lipinski definition) is 7. The third-order valence-electron chi connectivity index (χ3n) is 6.00. The van der Waals surface area contributed by atoms with Gasteiger partial charge in [-0.15, -0.1) is 5.10 Å². The number of fused-ring (bicyclic) bond motifs is 1. The molecular formula is C22H28FN5O7S. The average molecular weight is 526 g/mol. The summed E-state index contributed by atoms with van der Waals surface area (Å²) in [5.41, 5.74) is 0.245. The summed E-state index contributed by atoms with van der Waals surface area (Å²) in [7, 11) is -4.30. The molecule has 196 valence electrons. The van der Waals surface area contributed by atoms with Crippen molar-refractivity contribution in [2.45, 2.75) is 56.9 Å². The molecule has 14 heteroatoms. The fourth-order valence-electron chi connectivity index (χ4n) is 4.02. The van der Waals surface area contributed by atoms with Crippen molar-refractivity contribution in [2.75, 3.05) is 22.8 Å². The number of carbonyl (C=O) groups is 2. The summed E-state index contributed by atoms with van der Waals surface area (Å²) in [5, 5.41) is 18.2. The largest absolute Gasteiger partial charge is 0.484 e. The number of alkyl halides is 1. The Balaban J connectivity index is 1.74. The second kappa shape index (κ2) is 9.84. The van der Waals surface area contributed by atoms with Gasteiger partial charge in [-0.25, -0.2) is 17.6 Å². The summed E-state index contributed by atoms with van der Waals surface area (Å²) in [6, 6.07) is 3.39. The number of halogens is 1. The van der Waals surface area contributed by atoms with Gasteiger partial charge in [0.2, 0.25) is 5.91 Å². The number of sulfonamides is 1. The zero-order chi connectivity index (χ0) is 26.2. The van der Waals surface area contributed by atoms with Crippen LogP contribution in [-0.4, -0.2) is 66.8 Å². The summed E-state index contributed by atoms with van der Waals surface area (Å²) >= 11 is 0. The van der Waals surface area contributed by atoms with Gasteiger partial charge >= 0.3 is 6.09 Å². The van der Waals surface area contributed by atoms with E-state index in [9.17, 15) is 22.4 Å². The maximum absolute atomic E-state index is 14.0. The first-order valence-electron chi connectivity index (χ1n) is 11.5. The van der Waals surface area contributed by atoms with Crippen LogP contribution in [0.4, 0.5) is 20.6 Å². The van der Waals surface area contributed by atoms with Crippen LogP contribution in [0.2, 0.25) is 0 Å². The summed E-state index contributed by atoms with van der Waals surface area (Å²) in [6.07, 6.45) is -1.77. The molecule has 1 aromatic heterocycles. The molecule has 4 atom stereocenters. The molecule has 0 spiro atoms. The molecule has 0 saturated heterocycles. The van der Waals surface area contributed by atoms with Gasteiger partial charge < -0.3 is 19.9 Å². The Morgan fingerprint density at radius 1 is 1.33 bits per heavy atom. The van der Waals surface area contributed by atoms with Gasteiger partial charge in [-0.05, 0) is 45.4 Å². The van der Waals surface area contributed by atoms with E-state index in [0.717, 1.165) is 4.31 Å². The second-order valence-corrected chi connectivity index (χ2v) is 10.3. The zero-order valence-electron chi connectivity index (χ0n) is 20.0. The number of ether oxygens (including phenoxy) is 2. The van der Waals surface area contributed by atoms with E-state index in [4.69, 9.17) is 14.6 Å².